The number of carbonyl (C=O) groups is 3. The van der Waals surface area contributed by atoms with Gasteiger partial charge in [-0.15, -0.1) is 0 Å². The van der Waals surface area contributed by atoms with Crippen LogP contribution < -0.4 is 10.6 Å². The van der Waals surface area contributed by atoms with Gasteiger partial charge in [-0.25, -0.2) is 4.79 Å². The van der Waals surface area contributed by atoms with Crippen LogP contribution in [0.15, 0.2) is 24.3 Å². The maximum atomic E-state index is 13.0. The third kappa shape index (κ3) is 3.84. The van der Waals surface area contributed by atoms with Gasteiger partial charge in [0.05, 0.1) is 0 Å². The second-order valence-electron chi connectivity index (χ2n) is 8.15. The molecular formula is C21H29N3O3. The van der Waals surface area contributed by atoms with Gasteiger partial charge in [0.1, 0.15) is 12.1 Å². The van der Waals surface area contributed by atoms with E-state index in [1.54, 1.807) is 6.92 Å². The van der Waals surface area contributed by atoms with E-state index < -0.39 is 11.6 Å². The zero-order valence-electron chi connectivity index (χ0n) is 16.4. The monoisotopic (exact) mass is 371 g/mol. The maximum absolute atomic E-state index is 13.0. The molecule has 146 valence electrons. The first-order valence-electron chi connectivity index (χ1n) is 9.86. The molecule has 2 aliphatic rings. The van der Waals surface area contributed by atoms with E-state index in [2.05, 4.69) is 24.5 Å². The van der Waals surface area contributed by atoms with Crippen molar-refractivity contribution in [2.45, 2.75) is 64.3 Å². The Morgan fingerprint density at radius 3 is 2.56 bits per heavy atom. The first kappa shape index (κ1) is 19.4. The summed E-state index contributed by atoms with van der Waals surface area (Å²) in [6.45, 7) is 5.64. The van der Waals surface area contributed by atoms with Crippen LogP contribution in [0.1, 0.15) is 64.4 Å². The number of urea groups is 1. The Balaban J connectivity index is 1.69. The Morgan fingerprint density at radius 2 is 1.89 bits per heavy atom. The smallest absolute Gasteiger partial charge is 0.324 e. The molecule has 1 aromatic carbocycles. The molecule has 0 radical (unpaired) electrons. The molecule has 3 rings (SSSR count). The average molecular weight is 371 g/mol. The van der Waals surface area contributed by atoms with Crippen molar-refractivity contribution >= 4 is 23.5 Å². The summed E-state index contributed by atoms with van der Waals surface area (Å²) >= 11 is 0. The fourth-order valence-electron chi connectivity index (χ4n) is 4.26. The summed E-state index contributed by atoms with van der Waals surface area (Å²) in [6.07, 6.45) is 5.20. The quantitative estimate of drug-likeness (QED) is 0.776. The second kappa shape index (κ2) is 7.71. The summed E-state index contributed by atoms with van der Waals surface area (Å²) in [5.74, 6) is -0.253. The number of carbonyl (C=O) groups excluding carboxylic acids is 3. The molecule has 27 heavy (non-hydrogen) atoms. The molecule has 1 saturated heterocycles. The van der Waals surface area contributed by atoms with Crippen molar-refractivity contribution in [1.29, 1.82) is 0 Å². The van der Waals surface area contributed by atoms with E-state index in [4.69, 9.17) is 0 Å². The third-order valence-electron chi connectivity index (χ3n) is 5.88. The predicted octanol–water partition coefficient (Wildman–Crippen LogP) is 3.64. The number of nitrogens with zero attached hydrogens (tertiary/aromatic N) is 1. The van der Waals surface area contributed by atoms with Gasteiger partial charge in [0, 0.05) is 5.69 Å². The highest BCUT2D eigenvalue weighted by atomic mass is 16.2. The average Bonchev–Trinajstić information content (AvgIpc) is 2.87. The van der Waals surface area contributed by atoms with Gasteiger partial charge in [-0.05, 0) is 43.2 Å². The lowest BCUT2D eigenvalue weighted by atomic mass is 9.75. The molecular weight excluding hydrogens is 342 g/mol. The summed E-state index contributed by atoms with van der Waals surface area (Å²) < 4.78 is 0. The molecule has 1 aromatic rings. The lowest BCUT2D eigenvalue weighted by Crippen LogP contribution is -2.51. The van der Waals surface area contributed by atoms with E-state index in [9.17, 15) is 14.4 Å². The highest BCUT2D eigenvalue weighted by Crippen LogP contribution is 2.36. The number of para-hydroxylation sites is 1. The van der Waals surface area contributed by atoms with E-state index in [1.165, 1.54) is 6.42 Å². The molecule has 1 aliphatic heterocycles. The fourth-order valence-corrected chi connectivity index (χ4v) is 4.26. The zero-order valence-corrected chi connectivity index (χ0v) is 16.4. The van der Waals surface area contributed by atoms with E-state index >= 15 is 0 Å². The second-order valence-corrected chi connectivity index (χ2v) is 8.15. The largest absolute Gasteiger partial charge is 0.325 e. The molecule has 0 bridgehead atoms. The Labute approximate surface area is 160 Å². The van der Waals surface area contributed by atoms with E-state index in [-0.39, 0.29) is 30.2 Å². The molecule has 4 amide bonds. The van der Waals surface area contributed by atoms with Crippen molar-refractivity contribution in [3.8, 4) is 0 Å². The van der Waals surface area contributed by atoms with Crippen molar-refractivity contribution in [3.05, 3.63) is 29.8 Å². The Kier molecular flexibility index (Phi) is 5.53. The molecule has 1 heterocycles. The first-order chi connectivity index (χ1) is 12.8. The zero-order chi connectivity index (χ0) is 19.6. The van der Waals surface area contributed by atoms with Gasteiger partial charge in [-0.3, -0.25) is 14.5 Å². The van der Waals surface area contributed by atoms with Gasteiger partial charge in [0.2, 0.25) is 5.91 Å². The van der Waals surface area contributed by atoms with Crippen LogP contribution >= 0.6 is 0 Å². The van der Waals surface area contributed by atoms with Crippen LogP contribution in [0.3, 0.4) is 0 Å². The topological polar surface area (TPSA) is 78.5 Å². The molecule has 6 heteroatoms. The minimum atomic E-state index is -0.895. The first-order valence-corrected chi connectivity index (χ1v) is 9.86. The van der Waals surface area contributed by atoms with Crippen molar-refractivity contribution in [3.63, 3.8) is 0 Å². The van der Waals surface area contributed by atoms with Crippen LogP contribution in [0.5, 0.6) is 0 Å². The third-order valence-corrected chi connectivity index (χ3v) is 5.88. The fraction of sp³-hybridized carbons (Fsp3) is 0.571. The van der Waals surface area contributed by atoms with Crippen molar-refractivity contribution in [2.24, 2.45) is 5.92 Å². The molecule has 1 aliphatic carbocycles. The minimum absolute atomic E-state index is 0.137. The number of rotatable bonds is 5. The molecule has 1 unspecified atom stereocenters. The van der Waals surface area contributed by atoms with Crippen LogP contribution in [0.2, 0.25) is 0 Å². The number of anilines is 1. The molecule has 1 atom stereocenters. The van der Waals surface area contributed by atoms with Gasteiger partial charge in [0.15, 0.2) is 0 Å². The van der Waals surface area contributed by atoms with Crippen LogP contribution in [-0.4, -0.2) is 34.8 Å². The molecule has 2 N–H and O–H groups in total. The summed E-state index contributed by atoms with van der Waals surface area (Å²) in [5, 5.41) is 5.71. The predicted molar refractivity (Wildman–Crippen MR) is 104 cm³/mol. The number of benzene rings is 1. The van der Waals surface area contributed by atoms with Gasteiger partial charge >= 0.3 is 6.03 Å². The Hall–Kier alpha value is -2.37. The Morgan fingerprint density at radius 1 is 1.22 bits per heavy atom. The van der Waals surface area contributed by atoms with E-state index in [0.717, 1.165) is 41.8 Å². The lowest BCUT2D eigenvalue weighted by molar-refractivity contribution is -0.135. The Bertz CT molecular complexity index is 740. The standard InChI is InChI=1S/C21H29N3O3/c1-14(2)16-11-7-8-12-17(16)22-18(25)13-24-19(26)21(3,23-20(24)27)15-9-5-4-6-10-15/h7-8,11-12,14-15H,4-6,9-10,13H2,1-3H3,(H,22,25)(H,23,27). The molecule has 6 nitrogen and oxygen atoms in total. The molecule has 0 aromatic heterocycles. The summed E-state index contributed by atoms with van der Waals surface area (Å²) in [6, 6.07) is 7.12. The summed E-state index contributed by atoms with van der Waals surface area (Å²) in [5.41, 5.74) is 0.850. The normalized spacial score (nSPS) is 23.6. The number of amides is 4. The van der Waals surface area contributed by atoms with Crippen molar-refractivity contribution in [1.82, 2.24) is 10.2 Å². The van der Waals surface area contributed by atoms with Gasteiger partial charge in [0.25, 0.3) is 5.91 Å². The van der Waals surface area contributed by atoms with E-state index in [1.807, 2.05) is 24.3 Å². The van der Waals surface area contributed by atoms with Gasteiger partial charge < -0.3 is 10.6 Å². The highest BCUT2D eigenvalue weighted by molar-refractivity contribution is 6.10. The van der Waals surface area contributed by atoms with Gasteiger partial charge in [-0.1, -0.05) is 51.3 Å². The van der Waals surface area contributed by atoms with Crippen LogP contribution in [-0.2, 0) is 9.59 Å². The van der Waals surface area contributed by atoms with E-state index in [0.29, 0.717) is 0 Å². The number of hydrogen-bond acceptors (Lipinski definition) is 3. The number of hydrogen-bond donors (Lipinski definition) is 2. The van der Waals surface area contributed by atoms with Crippen molar-refractivity contribution < 1.29 is 14.4 Å². The summed E-state index contributed by atoms with van der Waals surface area (Å²) in [4.78, 5) is 39.0. The SMILES string of the molecule is CC(C)c1ccccc1NC(=O)CN1C(=O)NC(C)(C2CCCCC2)C1=O. The number of imide groups is 1. The highest BCUT2D eigenvalue weighted by Gasteiger charge is 2.52. The van der Waals surface area contributed by atoms with Crippen LogP contribution in [0, 0.1) is 5.92 Å². The maximum Gasteiger partial charge on any atom is 0.325 e. The number of nitrogens with one attached hydrogen (secondary N) is 2. The lowest BCUT2D eigenvalue weighted by Gasteiger charge is -2.34. The molecule has 1 saturated carbocycles. The van der Waals surface area contributed by atoms with Crippen LogP contribution in [0.4, 0.5) is 10.5 Å². The van der Waals surface area contributed by atoms with Crippen LogP contribution in [0.25, 0.3) is 0 Å². The summed E-state index contributed by atoms with van der Waals surface area (Å²) in [7, 11) is 0. The minimum Gasteiger partial charge on any atom is -0.324 e. The van der Waals surface area contributed by atoms with Gasteiger partial charge in [-0.2, -0.15) is 0 Å². The van der Waals surface area contributed by atoms with Crippen molar-refractivity contribution in [2.75, 3.05) is 11.9 Å². The molecule has 0 spiro atoms. The molecule has 2 fully saturated rings.